The number of rotatable bonds is 3. The minimum atomic E-state index is -0.117. The van der Waals surface area contributed by atoms with E-state index >= 15 is 0 Å². The number of hydrogen-bond donors (Lipinski definition) is 2. The highest BCUT2D eigenvalue weighted by atomic mass is 127. The quantitative estimate of drug-likeness (QED) is 0.577. The van der Waals surface area contributed by atoms with Crippen LogP contribution in [0.3, 0.4) is 0 Å². The van der Waals surface area contributed by atoms with Crippen molar-refractivity contribution in [3.05, 3.63) is 61.6 Å². The van der Waals surface area contributed by atoms with E-state index in [1.807, 2.05) is 42.5 Å². The number of carbonyl (C=O) groups excluding carboxylic acids is 1. The summed E-state index contributed by atoms with van der Waals surface area (Å²) in [4.78, 5) is 12.1. The zero-order valence-electron chi connectivity index (χ0n) is 9.99. The van der Waals surface area contributed by atoms with Crippen molar-refractivity contribution in [2.45, 2.75) is 6.54 Å². The molecule has 0 aliphatic carbocycles. The Balaban J connectivity index is 2.10. The minimum Gasteiger partial charge on any atom is -0.398 e. The number of para-hydroxylation sites is 1. The van der Waals surface area contributed by atoms with Gasteiger partial charge in [-0.25, -0.2) is 0 Å². The van der Waals surface area contributed by atoms with Crippen molar-refractivity contribution < 1.29 is 4.79 Å². The molecule has 0 heterocycles. The average Bonchev–Trinajstić information content (AvgIpc) is 2.40. The molecule has 0 bridgehead atoms. The molecule has 0 fully saturated rings. The lowest BCUT2D eigenvalue weighted by molar-refractivity contribution is 0.0950. The Morgan fingerprint density at radius 2 is 2.00 bits per heavy atom. The normalized spacial score (nSPS) is 10.2. The predicted octanol–water partition coefficient (Wildman–Crippen LogP) is 3.57. The van der Waals surface area contributed by atoms with Gasteiger partial charge in [0, 0.05) is 20.3 Å². The highest BCUT2D eigenvalue weighted by Gasteiger charge is 2.10. The monoisotopic (exact) mass is 430 g/mol. The molecule has 0 spiro atoms. The fourth-order valence-electron chi connectivity index (χ4n) is 1.64. The third kappa shape index (κ3) is 3.70. The van der Waals surface area contributed by atoms with Gasteiger partial charge in [0.25, 0.3) is 5.91 Å². The first kappa shape index (κ1) is 14.3. The number of nitrogen functional groups attached to an aromatic ring is 1. The van der Waals surface area contributed by atoms with Crippen molar-refractivity contribution in [2.75, 3.05) is 5.73 Å². The van der Waals surface area contributed by atoms with Gasteiger partial charge in [-0.2, -0.15) is 0 Å². The maximum absolute atomic E-state index is 12.1. The molecule has 0 unspecified atom stereocenters. The first-order chi connectivity index (χ1) is 9.08. The van der Waals surface area contributed by atoms with E-state index in [9.17, 15) is 4.79 Å². The van der Waals surface area contributed by atoms with Gasteiger partial charge < -0.3 is 11.1 Å². The van der Waals surface area contributed by atoms with Gasteiger partial charge in [-0.05, 0) is 68.3 Å². The highest BCUT2D eigenvalue weighted by Crippen LogP contribution is 2.19. The number of anilines is 1. The zero-order valence-corrected chi connectivity index (χ0v) is 13.7. The van der Waals surface area contributed by atoms with E-state index in [2.05, 4.69) is 43.8 Å². The van der Waals surface area contributed by atoms with Crippen molar-refractivity contribution in [3.63, 3.8) is 0 Å². The van der Waals surface area contributed by atoms with Crippen molar-refractivity contribution in [1.82, 2.24) is 5.32 Å². The molecule has 5 heteroatoms. The Kier molecular flexibility index (Phi) is 4.81. The van der Waals surface area contributed by atoms with E-state index in [1.54, 1.807) is 0 Å². The minimum absolute atomic E-state index is 0.117. The number of benzene rings is 2. The van der Waals surface area contributed by atoms with Gasteiger partial charge in [-0.1, -0.05) is 18.2 Å². The summed E-state index contributed by atoms with van der Waals surface area (Å²) < 4.78 is 1.80. The van der Waals surface area contributed by atoms with E-state index in [1.165, 1.54) is 0 Å². The maximum Gasteiger partial charge on any atom is 0.252 e. The van der Waals surface area contributed by atoms with Crippen LogP contribution in [0.5, 0.6) is 0 Å². The maximum atomic E-state index is 12.1. The molecule has 0 aliphatic rings. The first-order valence-electron chi connectivity index (χ1n) is 5.64. The molecule has 0 saturated carbocycles. The van der Waals surface area contributed by atoms with Crippen LogP contribution in [0, 0.1) is 3.57 Å². The Bertz CT molecular complexity index is 616. The standard InChI is InChI=1S/C14H12BrIN2O/c15-12-6-5-10(16)7-11(12)14(19)18-8-9-3-1-2-4-13(9)17/h1-7H,8,17H2,(H,18,19). The topological polar surface area (TPSA) is 55.1 Å². The summed E-state index contributed by atoms with van der Waals surface area (Å²) in [5.74, 6) is -0.117. The van der Waals surface area contributed by atoms with Crippen LogP contribution >= 0.6 is 38.5 Å². The lowest BCUT2D eigenvalue weighted by atomic mass is 10.1. The SMILES string of the molecule is Nc1ccccc1CNC(=O)c1cc(I)ccc1Br. The molecule has 0 atom stereocenters. The number of halogens is 2. The molecule has 19 heavy (non-hydrogen) atoms. The van der Waals surface area contributed by atoms with Gasteiger partial charge in [0.15, 0.2) is 0 Å². The number of carbonyl (C=O) groups is 1. The smallest absolute Gasteiger partial charge is 0.252 e. The number of hydrogen-bond acceptors (Lipinski definition) is 2. The summed E-state index contributed by atoms with van der Waals surface area (Å²) in [6.07, 6.45) is 0. The molecule has 0 radical (unpaired) electrons. The van der Waals surface area contributed by atoms with Crippen LogP contribution in [0.4, 0.5) is 5.69 Å². The molecule has 2 rings (SSSR count). The summed E-state index contributed by atoms with van der Waals surface area (Å²) in [7, 11) is 0. The van der Waals surface area contributed by atoms with Crippen molar-refractivity contribution in [2.24, 2.45) is 0 Å². The highest BCUT2D eigenvalue weighted by molar-refractivity contribution is 14.1. The molecule has 3 nitrogen and oxygen atoms in total. The van der Waals surface area contributed by atoms with E-state index in [0.717, 1.165) is 13.6 Å². The van der Waals surface area contributed by atoms with Crippen LogP contribution in [-0.2, 0) is 6.54 Å². The van der Waals surface area contributed by atoms with Crippen LogP contribution in [0.15, 0.2) is 46.9 Å². The lowest BCUT2D eigenvalue weighted by Crippen LogP contribution is -2.23. The lowest BCUT2D eigenvalue weighted by Gasteiger charge is -2.09. The predicted molar refractivity (Wildman–Crippen MR) is 88.9 cm³/mol. The third-order valence-electron chi connectivity index (χ3n) is 2.67. The summed E-state index contributed by atoms with van der Waals surface area (Å²) in [6.45, 7) is 0.420. The molecular formula is C14H12BrIN2O. The molecule has 0 saturated heterocycles. The van der Waals surface area contributed by atoms with E-state index in [-0.39, 0.29) is 5.91 Å². The summed E-state index contributed by atoms with van der Waals surface area (Å²) in [5, 5.41) is 2.87. The van der Waals surface area contributed by atoms with E-state index in [4.69, 9.17) is 5.73 Å². The average molecular weight is 431 g/mol. The molecular weight excluding hydrogens is 419 g/mol. The molecule has 3 N–H and O–H groups in total. The molecule has 1 amide bonds. The van der Waals surface area contributed by atoms with Crippen molar-refractivity contribution in [3.8, 4) is 0 Å². The van der Waals surface area contributed by atoms with Gasteiger partial charge in [0.1, 0.15) is 0 Å². The van der Waals surface area contributed by atoms with Crippen LogP contribution in [0.1, 0.15) is 15.9 Å². The summed E-state index contributed by atoms with van der Waals surface area (Å²) in [6, 6.07) is 13.1. The Hall–Kier alpha value is -1.08. The van der Waals surface area contributed by atoms with Gasteiger partial charge in [0.2, 0.25) is 0 Å². The first-order valence-corrected chi connectivity index (χ1v) is 7.52. The second-order valence-corrected chi connectivity index (χ2v) is 6.11. The van der Waals surface area contributed by atoms with E-state index in [0.29, 0.717) is 17.8 Å². The second kappa shape index (κ2) is 6.38. The van der Waals surface area contributed by atoms with Crippen LogP contribution in [-0.4, -0.2) is 5.91 Å². The number of nitrogens with one attached hydrogen (secondary N) is 1. The fraction of sp³-hybridized carbons (Fsp3) is 0.0714. The molecule has 98 valence electrons. The Morgan fingerprint density at radius 1 is 1.26 bits per heavy atom. The van der Waals surface area contributed by atoms with Crippen molar-refractivity contribution >= 4 is 50.1 Å². The van der Waals surface area contributed by atoms with Gasteiger partial charge >= 0.3 is 0 Å². The molecule has 0 aromatic heterocycles. The number of amides is 1. The van der Waals surface area contributed by atoms with Gasteiger partial charge in [-0.3, -0.25) is 4.79 Å². The van der Waals surface area contributed by atoms with E-state index < -0.39 is 0 Å². The molecule has 2 aromatic rings. The van der Waals surface area contributed by atoms with Gasteiger partial charge in [-0.15, -0.1) is 0 Å². The fourth-order valence-corrected chi connectivity index (χ4v) is 2.56. The third-order valence-corrected chi connectivity index (χ3v) is 4.03. The Morgan fingerprint density at radius 3 is 2.74 bits per heavy atom. The second-order valence-electron chi connectivity index (χ2n) is 4.01. The Labute approximate surface area is 133 Å². The van der Waals surface area contributed by atoms with Gasteiger partial charge in [0.05, 0.1) is 5.56 Å². The van der Waals surface area contributed by atoms with Crippen LogP contribution in [0.2, 0.25) is 0 Å². The largest absolute Gasteiger partial charge is 0.398 e. The molecule has 2 aromatic carbocycles. The van der Waals surface area contributed by atoms with Crippen LogP contribution in [0.25, 0.3) is 0 Å². The number of nitrogens with two attached hydrogens (primary N) is 1. The zero-order chi connectivity index (χ0) is 13.8. The van der Waals surface area contributed by atoms with Crippen molar-refractivity contribution in [1.29, 1.82) is 0 Å². The van der Waals surface area contributed by atoms with Crippen LogP contribution < -0.4 is 11.1 Å². The molecule has 0 aliphatic heterocycles. The summed E-state index contributed by atoms with van der Waals surface area (Å²) >= 11 is 5.56. The summed E-state index contributed by atoms with van der Waals surface area (Å²) in [5.41, 5.74) is 8.06.